The lowest BCUT2D eigenvalue weighted by Gasteiger charge is -2.30. The molecule has 0 unspecified atom stereocenters. The maximum absolute atomic E-state index is 11.7. The fraction of sp³-hybridized carbons (Fsp3) is 0.750. The first-order valence-corrected chi connectivity index (χ1v) is 8.62. The highest BCUT2D eigenvalue weighted by Gasteiger charge is 2.26. The third-order valence-corrected chi connectivity index (χ3v) is 5.10. The normalized spacial score (nSPS) is 17.9. The molecule has 1 aromatic heterocycles. The van der Waals surface area contributed by atoms with E-state index < -0.39 is 0 Å². The van der Waals surface area contributed by atoms with Crippen LogP contribution in [0.25, 0.3) is 0 Å². The summed E-state index contributed by atoms with van der Waals surface area (Å²) >= 11 is 1.75. The van der Waals surface area contributed by atoms with Crippen molar-refractivity contribution in [3.63, 3.8) is 0 Å². The molecule has 0 saturated carbocycles. The first kappa shape index (κ1) is 16.4. The summed E-state index contributed by atoms with van der Waals surface area (Å²) in [5, 5.41) is 3.36. The minimum atomic E-state index is -0.0270. The van der Waals surface area contributed by atoms with Gasteiger partial charge in [0.25, 0.3) is 0 Å². The molecule has 0 spiro atoms. The predicted octanol–water partition coefficient (Wildman–Crippen LogP) is 3.22. The van der Waals surface area contributed by atoms with E-state index in [2.05, 4.69) is 31.1 Å². The van der Waals surface area contributed by atoms with Gasteiger partial charge in [0.2, 0.25) is 0 Å². The Morgan fingerprint density at radius 1 is 1.43 bits per heavy atom. The van der Waals surface area contributed by atoms with E-state index in [9.17, 15) is 4.79 Å². The van der Waals surface area contributed by atoms with Crippen LogP contribution in [0.1, 0.15) is 51.2 Å². The van der Waals surface area contributed by atoms with E-state index in [0.29, 0.717) is 6.61 Å². The van der Waals surface area contributed by atoms with Crippen LogP contribution in [0, 0.1) is 5.92 Å². The van der Waals surface area contributed by atoms with Crippen LogP contribution in [0.5, 0.6) is 0 Å². The van der Waals surface area contributed by atoms with Crippen molar-refractivity contribution in [2.75, 3.05) is 19.7 Å². The van der Waals surface area contributed by atoms with Crippen molar-refractivity contribution in [1.29, 1.82) is 0 Å². The van der Waals surface area contributed by atoms with Crippen LogP contribution in [0.4, 0.5) is 0 Å². The molecule has 4 nitrogen and oxygen atoms in total. The van der Waals surface area contributed by atoms with Gasteiger partial charge in [-0.1, -0.05) is 20.8 Å². The van der Waals surface area contributed by atoms with Crippen LogP contribution in [0.3, 0.4) is 0 Å². The summed E-state index contributed by atoms with van der Waals surface area (Å²) < 4.78 is 5.11. The van der Waals surface area contributed by atoms with Gasteiger partial charge in [0.15, 0.2) is 0 Å². The lowest BCUT2D eigenvalue weighted by Crippen LogP contribution is -2.36. The quantitative estimate of drug-likeness (QED) is 0.801. The first-order chi connectivity index (χ1) is 9.90. The van der Waals surface area contributed by atoms with E-state index in [1.54, 1.807) is 11.3 Å². The Labute approximate surface area is 131 Å². The third-order valence-electron chi connectivity index (χ3n) is 3.79. The van der Waals surface area contributed by atoms with Gasteiger partial charge in [-0.25, -0.2) is 4.98 Å². The summed E-state index contributed by atoms with van der Waals surface area (Å²) in [6, 6.07) is 0. The van der Waals surface area contributed by atoms with Crippen molar-refractivity contribution in [2.24, 2.45) is 5.92 Å². The number of aromatic nitrogens is 1. The number of nitrogens with zero attached hydrogens (tertiary/aromatic N) is 2. The second-order valence-corrected chi connectivity index (χ2v) is 7.55. The maximum Gasteiger partial charge on any atom is 0.309 e. The van der Waals surface area contributed by atoms with Crippen molar-refractivity contribution in [3.05, 3.63) is 16.1 Å². The molecule has 0 atom stereocenters. The van der Waals surface area contributed by atoms with Gasteiger partial charge < -0.3 is 4.74 Å². The van der Waals surface area contributed by atoms with Gasteiger partial charge in [-0.05, 0) is 32.9 Å². The standard InChI is InChI=1S/C16H26N2O2S/c1-5-20-14(19)12-6-8-18(9-7-12)10-13-11-21-15(17-13)16(2,3)4/h11-12H,5-10H2,1-4H3. The topological polar surface area (TPSA) is 42.4 Å². The first-order valence-electron chi connectivity index (χ1n) is 7.74. The van der Waals surface area contributed by atoms with Crippen LogP contribution in [0.2, 0.25) is 0 Å². The number of rotatable bonds is 4. The van der Waals surface area contributed by atoms with Crippen LogP contribution in [0.15, 0.2) is 5.38 Å². The summed E-state index contributed by atoms with van der Waals surface area (Å²) in [6.07, 6.45) is 1.80. The van der Waals surface area contributed by atoms with E-state index in [4.69, 9.17) is 9.72 Å². The largest absolute Gasteiger partial charge is 0.466 e. The van der Waals surface area contributed by atoms with E-state index >= 15 is 0 Å². The molecule has 0 N–H and O–H groups in total. The van der Waals surface area contributed by atoms with Crippen molar-refractivity contribution < 1.29 is 9.53 Å². The molecule has 0 radical (unpaired) electrons. The van der Waals surface area contributed by atoms with E-state index in [1.807, 2.05) is 6.92 Å². The number of likely N-dealkylation sites (tertiary alicyclic amines) is 1. The summed E-state index contributed by atoms with van der Waals surface area (Å²) in [4.78, 5) is 18.9. The molecule has 1 fully saturated rings. The molecular formula is C16H26N2O2S. The zero-order valence-electron chi connectivity index (χ0n) is 13.5. The fourth-order valence-electron chi connectivity index (χ4n) is 2.54. The fourth-order valence-corrected chi connectivity index (χ4v) is 3.44. The second kappa shape index (κ2) is 6.88. The van der Waals surface area contributed by atoms with Crippen LogP contribution < -0.4 is 0 Å². The van der Waals surface area contributed by atoms with Crippen LogP contribution in [-0.2, 0) is 21.5 Å². The molecule has 1 aliphatic heterocycles. The minimum Gasteiger partial charge on any atom is -0.466 e. The van der Waals surface area contributed by atoms with E-state index in [1.165, 1.54) is 5.01 Å². The predicted molar refractivity (Wildman–Crippen MR) is 85.4 cm³/mol. The summed E-state index contributed by atoms with van der Waals surface area (Å²) in [7, 11) is 0. The zero-order chi connectivity index (χ0) is 15.5. The number of carbonyl (C=O) groups is 1. The van der Waals surface area contributed by atoms with E-state index in [-0.39, 0.29) is 17.3 Å². The number of thiazole rings is 1. The van der Waals surface area contributed by atoms with Gasteiger partial charge in [0.1, 0.15) is 0 Å². The number of esters is 1. The molecule has 2 rings (SSSR count). The van der Waals surface area contributed by atoms with Crippen LogP contribution >= 0.6 is 11.3 Å². The zero-order valence-corrected chi connectivity index (χ0v) is 14.3. The van der Waals surface area contributed by atoms with Crippen molar-refractivity contribution in [2.45, 2.75) is 52.5 Å². The average Bonchev–Trinajstić information content (AvgIpc) is 2.88. The monoisotopic (exact) mass is 310 g/mol. The Bertz CT molecular complexity index is 471. The molecule has 0 bridgehead atoms. The summed E-state index contributed by atoms with van der Waals surface area (Å²) in [5.41, 5.74) is 1.28. The Hall–Kier alpha value is -0.940. The van der Waals surface area contributed by atoms with E-state index in [0.717, 1.165) is 38.2 Å². The van der Waals surface area contributed by atoms with Gasteiger partial charge in [-0.15, -0.1) is 11.3 Å². The molecule has 118 valence electrons. The number of hydrogen-bond donors (Lipinski definition) is 0. The van der Waals surface area contributed by atoms with Crippen molar-refractivity contribution in [1.82, 2.24) is 9.88 Å². The lowest BCUT2D eigenvalue weighted by atomic mass is 9.97. The highest BCUT2D eigenvalue weighted by Crippen LogP contribution is 2.27. The number of hydrogen-bond acceptors (Lipinski definition) is 5. The SMILES string of the molecule is CCOC(=O)C1CCN(Cc2csc(C(C)(C)C)n2)CC1. The average molecular weight is 310 g/mol. The van der Waals surface area contributed by atoms with Gasteiger partial charge in [-0.2, -0.15) is 0 Å². The molecule has 1 saturated heterocycles. The molecule has 5 heteroatoms. The number of carbonyl (C=O) groups excluding carboxylic acids is 1. The van der Waals surface area contributed by atoms with Gasteiger partial charge in [0.05, 0.1) is 23.2 Å². The van der Waals surface area contributed by atoms with Crippen molar-refractivity contribution >= 4 is 17.3 Å². The summed E-state index contributed by atoms with van der Waals surface area (Å²) in [5.74, 6) is 0.0580. The number of ether oxygens (including phenoxy) is 1. The van der Waals surface area contributed by atoms with Crippen LogP contribution in [-0.4, -0.2) is 35.5 Å². The Balaban J connectivity index is 1.83. The molecule has 2 heterocycles. The molecule has 0 amide bonds. The maximum atomic E-state index is 11.7. The summed E-state index contributed by atoms with van der Waals surface area (Å²) in [6.45, 7) is 11.7. The third kappa shape index (κ3) is 4.51. The Morgan fingerprint density at radius 2 is 2.10 bits per heavy atom. The molecule has 1 aliphatic rings. The highest BCUT2D eigenvalue weighted by atomic mass is 32.1. The minimum absolute atomic E-state index is 0.0270. The molecule has 0 aromatic carbocycles. The van der Waals surface area contributed by atoms with Gasteiger partial charge in [-0.3, -0.25) is 9.69 Å². The molecule has 21 heavy (non-hydrogen) atoms. The van der Waals surface area contributed by atoms with Crippen molar-refractivity contribution in [3.8, 4) is 0 Å². The Kier molecular flexibility index (Phi) is 5.38. The highest BCUT2D eigenvalue weighted by molar-refractivity contribution is 7.09. The number of piperidine rings is 1. The molecule has 0 aliphatic carbocycles. The Morgan fingerprint density at radius 3 is 2.62 bits per heavy atom. The second-order valence-electron chi connectivity index (χ2n) is 6.70. The molecule has 1 aromatic rings. The molecular weight excluding hydrogens is 284 g/mol. The smallest absolute Gasteiger partial charge is 0.309 e. The van der Waals surface area contributed by atoms with Gasteiger partial charge >= 0.3 is 5.97 Å². The lowest BCUT2D eigenvalue weighted by molar-refractivity contribution is -0.149. The van der Waals surface area contributed by atoms with Gasteiger partial charge in [0, 0.05) is 17.3 Å².